The van der Waals surface area contributed by atoms with Crippen LogP contribution in [0.15, 0.2) is 0 Å². The van der Waals surface area contributed by atoms with Gasteiger partial charge in [-0.05, 0) is 20.3 Å². The van der Waals surface area contributed by atoms with E-state index in [0.717, 1.165) is 12.8 Å². The van der Waals surface area contributed by atoms with Crippen LogP contribution >= 0.6 is 0 Å². The molecule has 0 fully saturated rings. The van der Waals surface area contributed by atoms with Gasteiger partial charge in [0.2, 0.25) is 0 Å². The van der Waals surface area contributed by atoms with E-state index in [1.54, 1.807) is 13.8 Å². The molecule has 0 aromatic rings. The zero-order valence-corrected chi connectivity index (χ0v) is 10.5. The fourth-order valence-corrected chi connectivity index (χ4v) is 1.18. The molecule has 0 aliphatic carbocycles. The van der Waals surface area contributed by atoms with Crippen LogP contribution in [0.4, 0.5) is 4.79 Å². The number of ether oxygens (including phenoxy) is 2. The summed E-state index contributed by atoms with van der Waals surface area (Å²) in [7, 11) is 0. The Morgan fingerprint density at radius 3 is 2.62 bits per heavy atom. The van der Waals surface area contributed by atoms with Gasteiger partial charge in [0.15, 0.2) is 6.10 Å². The molecule has 0 rings (SSSR count). The van der Waals surface area contributed by atoms with E-state index in [9.17, 15) is 4.79 Å². The van der Waals surface area contributed by atoms with Gasteiger partial charge in [0, 0.05) is 6.42 Å². The molecule has 3 heteroatoms. The number of carbonyl (C=O) groups excluding carboxylic acids is 1. The van der Waals surface area contributed by atoms with Crippen molar-refractivity contribution < 1.29 is 14.3 Å². The summed E-state index contributed by atoms with van der Waals surface area (Å²) in [5.74, 6) is 5.88. The lowest BCUT2D eigenvalue weighted by Crippen LogP contribution is -2.14. The second-order valence-corrected chi connectivity index (χ2v) is 3.57. The average molecular weight is 226 g/mol. The molecule has 92 valence electrons. The Hall–Kier alpha value is -1.17. The van der Waals surface area contributed by atoms with E-state index >= 15 is 0 Å². The molecular formula is C13H22O3. The molecule has 0 radical (unpaired) electrons. The highest BCUT2D eigenvalue weighted by Gasteiger charge is 2.05. The minimum Gasteiger partial charge on any atom is -0.435 e. The van der Waals surface area contributed by atoms with E-state index in [4.69, 9.17) is 4.74 Å². The van der Waals surface area contributed by atoms with Crippen molar-refractivity contribution in [1.29, 1.82) is 0 Å². The van der Waals surface area contributed by atoms with E-state index in [1.807, 2.05) is 0 Å². The van der Waals surface area contributed by atoms with Crippen LogP contribution in [0.5, 0.6) is 0 Å². The summed E-state index contributed by atoms with van der Waals surface area (Å²) in [4.78, 5) is 10.9. The molecule has 16 heavy (non-hydrogen) atoms. The number of hydrogen-bond donors (Lipinski definition) is 0. The van der Waals surface area contributed by atoms with Crippen molar-refractivity contribution in [3.63, 3.8) is 0 Å². The summed E-state index contributed by atoms with van der Waals surface area (Å²) in [6.07, 6.45) is 4.68. The van der Waals surface area contributed by atoms with Gasteiger partial charge in [-0.2, -0.15) is 0 Å². The van der Waals surface area contributed by atoms with Gasteiger partial charge in [-0.1, -0.05) is 38.0 Å². The Morgan fingerprint density at radius 1 is 1.25 bits per heavy atom. The summed E-state index contributed by atoms with van der Waals surface area (Å²) >= 11 is 0. The predicted molar refractivity (Wildman–Crippen MR) is 64.1 cm³/mol. The maximum absolute atomic E-state index is 10.9. The van der Waals surface area contributed by atoms with Crippen molar-refractivity contribution in [2.24, 2.45) is 0 Å². The number of rotatable bonds is 6. The molecular weight excluding hydrogens is 204 g/mol. The van der Waals surface area contributed by atoms with E-state index in [-0.39, 0.29) is 6.10 Å². The van der Waals surface area contributed by atoms with Crippen molar-refractivity contribution in [1.82, 2.24) is 0 Å². The lowest BCUT2D eigenvalue weighted by Gasteiger charge is -2.05. The normalized spacial score (nSPS) is 11.2. The molecule has 0 saturated heterocycles. The van der Waals surface area contributed by atoms with Crippen LogP contribution in [-0.4, -0.2) is 18.9 Å². The highest BCUT2D eigenvalue weighted by molar-refractivity contribution is 5.60. The summed E-state index contributed by atoms with van der Waals surface area (Å²) in [5, 5.41) is 0. The largest absolute Gasteiger partial charge is 0.509 e. The van der Waals surface area contributed by atoms with Gasteiger partial charge in [0.05, 0.1) is 6.61 Å². The molecule has 0 spiro atoms. The molecule has 1 atom stereocenters. The SMILES string of the molecule is CCCCCCC#CC(C)OC(=O)OCC. The quantitative estimate of drug-likeness (QED) is 0.395. The summed E-state index contributed by atoms with van der Waals surface area (Å²) < 4.78 is 9.53. The molecule has 0 amide bonds. The van der Waals surface area contributed by atoms with Crippen molar-refractivity contribution in [2.45, 2.75) is 59.0 Å². The van der Waals surface area contributed by atoms with Crippen molar-refractivity contribution in [2.75, 3.05) is 6.61 Å². The second-order valence-electron chi connectivity index (χ2n) is 3.57. The molecule has 0 aromatic carbocycles. The van der Waals surface area contributed by atoms with Crippen LogP contribution < -0.4 is 0 Å². The maximum atomic E-state index is 10.9. The Bertz CT molecular complexity index is 237. The monoisotopic (exact) mass is 226 g/mol. The third-order valence-electron chi connectivity index (χ3n) is 2.00. The highest BCUT2D eigenvalue weighted by Crippen LogP contribution is 2.01. The van der Waals surface area contributed by atoms with Gasteiger partial charge in [0.25, 0.3) is 0 Å². The second kappa shape index (κ2) is 10.4. The molecule has 0 N–H and O–H groups in total. The molecule has 1 unspecified atom stereocenters. The Labute approximate surface area is 98.5 Å². The first kappa shape index (κ1) is 14.8. The van der Waals surface area contributed by atoms with Gasteiger partial charge in [0.1, 0.15) is 0 Å². The summed E-state index contributed by atoms with van der Waals surface area (Å²) in [5.41, 5.74) is 0. The van der Waals surface area contributed by atoms with Gasteiger partial charge in [-0.3, -0.25) is 0 Å². The summed E-state index contributed by atoms with van der Waals surface area (Å²) in [6.45, 7) is 6.00. The third-order valence-corrected chi connectivity index (χ3v) is 2.00. The molecule has 0 aliphatic rings. The smallest absolute Gasteiger partial charge is 0.435 e. The molecule has 3 nitrogen and oxygen atoms in total. The molecule has 0 heterocycles. The first-order chi connectivity index (χ1) is 7.70. The molecule has 0 aromatic heterocycles. The maximum Gasteiger partial charge on any atom is 0.509 e. The predicted octanol–water partition coefficient (Wildman–Crippen LogP) is 3.52. The van der Waals surface area contributed by atoms with Crippen molar-refractivity contribution in [3.8, 4) is 11.8 Å². The molecule has 0 saturated carbocycles. The van der Waals surface area contributed by atoms with Crippen LogP contribution in [0, 0.1) is 11.8 Å². The topological polar surface area (TPSA) is 35.5 Å². The first-order valence-electron chi connectivity index (χ1n) is 6.02. The lowest BCUT2D eigenvalue weighted by atomic mass is 10.1. The fraction of sp³-hybridized carbons (Fsp3) is 0.769. The molecule has 0 aliphatic heterocycles. The number of hydrogen-bond acceptors (Lipinski definition) is 3. The van der Waals surface area contributed by atoms with Gasteiger partial charge >= 0.3 is 6.16 Å². The summed E-state index contributed by atoms with van der Waals surface area (Å²) in [6, 6.07) is 0. The van der Waals surface area contributed by atoms with Gasteiger partial charge in [-0.25, -0.2) is 4.79 Å². The Morgan fingerprint density at radius 2 is 2.00 bits per heavy atom. The van der Waals surface area contributed by atoms with E-state index in [2.05, 4.69) is 23.5 Å². The Balaban J connectivity index is 3.57. The minimum absolute atomic E-state index is 0.329. The average Bonchev–Trinajstić information content (AvgIpc) is 2.23. The van der Waals surface area contributed by atoms with Crippen LogP contribution in [-0.2, 0) is 9.47 Å². The lowest BCUT2D eigenvalue weighted by molar-refractivity contribution is 0.0477. The standard InChI is InChI=1S/C13H22O3/c1-4-6-7-8-9-10-11-12(3)16-13(14)15-5-2/h12H,4-9H2,1-3H3. The van der Waals surface area contributed by atoms with Gasteiger partial charge < -0.3 is 9.47 Å². The number of carbonyl (C=O) groups is 1. The van der Waals surface area contributed by atoms with Crippen LogP contribution in [0.25, 0.3) is 0 Å². The Kier molecular flexibility index (Phi) is 9.59. The fourth-order valence-electron chi connectivity index (χ4n) is 1.18. The third kappa shape index (κ3) is 9.39. The van der Waals surface area contributed by atoms with E-state index < -0.39 is 6.16 Å². The zero-order chi connectivity index (χ0) is 12.2. The van der Waals surface area contributed by atoms with Crippen molar-refractivity contribution in [3.05, 3.63) is 0 Å². The molecule has 0 bridgehead atoms. The number of unbranched alkanes of at least 4 members (excludes halogenated alkanes) is 4. The van der Waals surface area contributed by atoms with Crippen LogP contribution in [0.1, 0.15) is 52.9 Å². The minimum atomic E-state index is -0.643. The van der Waals surface area contributed by atoms with Gasteiger partial charge in [-0.15, -0.1) is 0 Å². The first-order valence-corrected chi connectivity index (χ1v) is 6.02. The van der Waals surface area contributed by atoms with Crippen molar-refractivity contribution >= 4 is 6.16 Å². The van der Waals surface area contributed by atoms with Crippen LogP contribution in [0.3, 0.4) is 0 Å². The van der Waals surface area contributed by atoms with E-state index in [1.165, 1.54) is 19.3 Å². The van der Waals surface area contributed by atoms with Crippen LogP contribution in [0.2, 0.25) is 0 Å². The highest BCUT2D eigenvalue weighted by atomic mass is 16.7. The van der Waals surface area contributed by atoms with E-state index in [0.29, 0.717) is 6.61 Å². The zero-order valence-electron chi connectivity index (χ0n) is 10.5.